The summed E-state index contributed by atoms with van der Waals surface area (Å²) < 4.78 is 5.10. The van der Waals surface area contributed by atoms with E-state index in [0.29, 0.717) is 6.42 Å². The normalized spacial score (nSPS) is 24.3. The number of ether oxygens (including phenoxy) is 1. The molecule has 0 bridgehead atoms. The van der Waals surface area contributed by atoms with E-state index in [1.54, 1.807) is 7.11 Å². The number of benzene rings is 1. The highest BCUT2D eigenvalue weighted by atomic mass is 16.5. The summed E-state index contributed by atoms with van der Waals surface area (Å²) in [5.74, 6) is 0.0159. The van der Waals surface area contributed by atoms with Crippen LogP contribution in [-0.2, 0) is 4.79 Å². The molecule has 1 aliphatic rings. The lowest BCUT2D eigenvalue weighted by molar-refractivity contribution is -0.142. The predicted molar refractivity (Wildman–Crippen MR) is 54.9 cm³/mol. The van der Waals surface area contributed by atoms with Crippen molar-refractivity contribution in [1.29, 1.82) is 0 Å². The summed E-state index contributed by atoms with van der Waals surface area (Å²) in [6.45, 7) is 0. The van der Waals surface area contributed by atoms with E-state index in [-0.39, 0.29) is 6.04 Å². The molecule has 4 heteroatoms. The van der Waals surface area contributed by atoms with Crippen LogP contribution in [0.3, 0.4) is 0 Å². The zero-order chi connectivity index (χ0) is 10.8. The summed E-state index contributed by atoms with van der Waals surface area (Å²) in [5, 5.41) is 11.7. The van der Waals surface area contributed by atoms with Gasteiger partial charge in [-0.05, 0) is 24.1 Å². The van der Waals surface area contributed by atoms with Crippen molar-refractivity contribution >= 4 is 5.97 Å². The van der Waals surface area contributed by atoms with Gasteiger partial charge in [0, 0.05) is 6.04 Å². The Balaban J connectivity index is 2.03. The number of nitrogens with one attached hydrogen (secondary N) is 1. The molecular formula is C11H13NO3. The van der Waals surface area contributed by atoms with Crippen LogP contribution in [-0.4, -0.2) is 24.2 Å². The Labute approximate surface area is 87.9 Å². The van der Waals surface area contributed by atoms with Crippen LogP contribution in [0.5, 0.6) is 5.75 Å². The van der Waals surface area contributed by atoms with Gasteiger partial charge in [0.2, 0.25) is 0 Å². The molecule has 15 heavy (non-hydrogen) atoms. The molecule has 1 heterocycles. The SMILES string of the molecule is COc1cccc(C2CC(C(=O)O)N2)c1. The largest absolute Gasteiger partial charge is 0.497 e. The molecule has 1 aliphatic heterocycles. The predicted octanol–water partition coefficient (Wildman–Crippen LogP) is 1.18. The topological polar surface area (TPSA) is 58.6 Å². The number of rotatable bonds is 3. The second-order valence-corrected chi connectivity index (χ2v) is 3.62. The monoisotopic (exact) mass is 207 g/mol. The van der Waals surface area contributed by atoms with Crippen molar-refractivity contribution in [2.24, 2.45) is 0 Å². The third kappa shape index (κ3) is 1.94. The van der Waals surface area contributed by atoms with E-state index in [4.69, 9.17) is 9.84 Å². The van der Waals surface area contributed by atoms with Crippen LogP contribution >= 0.6 is 0 Å². The maximum absolute atomic E-state index is 10.6. The average molecular weight is 207 g/mol. The molecule has 1 aromatic rings. The van der Waals surface area contributed by atoms with E-state index in [1.165, 1.54) is 0 Å². The van der Waals surface area contributed by atoms with Crippen molar-refractivity contribution in [2.75, 3.05) is 7.11 Å². The van der Waals surface area contributed by atoms with E-state index in [2.05, 4.69) is 5.32 Å². The van der Waals surface area contributed by atoms with Gasteiger partial charge in [-0.1, -0.05) is 12.1 Å². The lowest BCUT2D eigenvalue weighted by Crippen LogP contribution is -2.50. The Kier molecular flexibility index (Phi) is 2.60. The lowest BCUT2D eigenvalue weighted by Gasteiger charge is -2.34. The smallest absolute Gasteiger partial charge is 0.320 e. The highest BCUT2D eigenvalue weighted by Gasteiger charge is 2.34. The molecule has 1 saturated heterocycles. The Morgan fingerprint density at radius 1 is 1.60 bits per heavy atom. The molecule has 0 aromatic heterocycles. The summed E-state index contributed by atoms with van der Waals surface area (Å²) in [4.78, 5) is 10.6. The van der Waals surface area contributed by atoms with Gasteiger partial charge < -0.3 is 9.84 Å². The lowest BCUT2D eigenvalue weighted by atomic mass is 9.91. The number of carboxylic acids is 1. The molecule has 2 rings (SSSR count). The molecule has 0 amide bonds. The van der Waals surface area contributed by atoms with Gasteiger partial charge in [0.15, 0.2) is 0 Å². The van der Waals surface area contributed by atoms with Crippen LogP contribution in [0.1, 0.15) is 18.0 Å². The number of methoxy groups -OCH3 is 1. The summed E-state index contributed by atoms with van der Waals surface area (Å²) in [7, 11) is 1.62. The third-order valence-corrected chi connectivity index (χ3v) is 2.67. The van der Waals surface area contributed by atoms with E-state index in [1.807, 2.05) is 24.3 Å². The minimum atomic E-state index is -0.783. The Morgan fingerprint density at radius 2 is 2.33 bits per heavy atom. The van der Waals surface area contributed by atoms with Gasteiger partial charge in [-0.2, -0.15) is 0 Å². The van der Waals surface area contributed by atoms with Crippen LogP contribution in [0.4, 0.5) is 0 Å². The first-order valence-corrected chi connectivity index (χ1v) is 4.83. The van der Waals surface area contributed by atoms with E-state index in [0.717, 1.165) is 11.3 Å². The minimum absolute atomic E-state index is 0.140. The van der Waals surface area contributed by atoms with Crippen LogP contribution in [0, 0.1) is 0 Å². The molecule has 2 atom stereocenters. The maximum atomic E-state index is 10.6. The van der Waals surface area contributed by atoms with Gasteiger partial charge in [-0.15, -0.1) is 0 Å². The van der Waals surface area contributed by atoms with Crippen LogP contribution in [0.25, 0.3) is 0 Å². The van der Waals surface area contributed by atoms with Crippen molar-refractivity contribution in [3.8, 4) is 5.75 Å². The molecular weight excluding hydrogens is 194 g/mol. The second-order valence-electron chi connectivity index (χ2n) is 3.62. The highest BCUT2D eigenvalue weighted by molar-refractivity contribution is 5.75. The molecule has 0 radical (unpaired) electrons. The first-order chi connectivity index (χ1) is 7.20. The average Bonchev–Trinajstić information content (AvgIpc) is 2.15. The molecule has 0 aliphatic carbocycles. The zero-order valence-corrected chi connectivity index (χ0v) is 8.43. The van der Waals surface area contributed by atoms with Crippen LogP contribution in [0.15, 0.2) is 24.3 Å². The molecule has 1 aromatic carbocycles. The van der Waals surface area contributed by atoms with Gasteiger partial charge in [0.25, 0.3) is 0 Å². The summed E-state index contributed by atoms with van der Waals surface area (Å²) in [6, 6.07) is 7.41. The quantitative estimate of drug-likeness (QED) is 0.781. The van der Waals surface area contributed by atoms with Crippen LogP contribution < -0.4 is 10.1 Å². The van der Waals surface area contributed by atoms with Crippen molar-refractivity contribution in [2.45, 2.75) is 18.5 Å². The minimum Gasteiger partial charge on any atom is -0.497 e. The zero-order valence-electron chi connectivity index (χ0n) is 8.43. The molecule has 0 spiro atoms. The number of aliphatic carboxylic acids is 1. The summed E-state index contributed by atoms with van der Waals surface area (Å²) in [5.41, 5.74) is 1.08. The fourth-order valence-corrected chi connectivity index (χ4v) is 1.72. The Bertz CT molecular complexity index is 372. The molecule has 4 nitrogen and oxygen atoms in total. The Hall–Kier alpha value is -1.55. The van der Waals surface area contributed by atoms with E-state index in [9.17, 15) is 4.79 Å². The Morgan fingerprint density at radius 3 is 2.93 bits per heavy atom. The van der Waals surface area contributed by atoms with E-state index >= 15 is 0 Å². The van der Waals surface area contributed by atoms with Gasteiger partial charge in [0.05, 0.1) is 7.11 Å². The van der Waals surface area contributed by atoms with Gasteiger partial charge in [-0.25, -0.2) is 0 Å². The van der Waals surface area contributed by atoms with Gasteiger partial charge in [-0.3, -0.25) is 10.1 Å². The molecule has 2 unspecified atom stereocenters. The highest BCUT2D eigenvalue weighted by Crippen LogP contribution is 2.29. The van der Waals surface area contributed by atoms with Gasteiger partial charge >= 0.3 is 5.97 Å². The molecule has 1 fully saturated rings. The number of carboxylic acid groups (broad SMARTS) is 1. The number of hydrogen-bond donors (Lipinski definition) is 2. The van der Waals surface area contributed by atoms with Crippen molar-refractivity contribution < 1.29 is 14.6 Å². The summed E-state index contributed by atoms with van der Waals surface area (Å²) in [6.07, 6.45) is 0.641. The first kappa shape index (κ1) is 9.98. The van der Waals surface area contributed by atoms with Crippen molar-refractivity contribution in [3.05, 3.63) is 29.8 Å². The summed E-state index contributed by atoms with van der Waals surface area (Å²) >= 11 is 0. The fraction of sp³-hybridized carbons (Fsp3) is 0.364. The first-order valence-electron chi connectivity index (χ1n) is 4.83. The second kappa shape index (κ2) is 3.90. The van der Waals surface area contributed by atoms with Gasteiger partial charge in [0.1, 0.15) is 11.8 Å². The molecule has 80 valence electrons. The van der Waals surface area contributed by atoms with E-state index < -0.39 is 12.0 Å². The van der Waals surface area contributed by atoms with Crippen molar-refractivity contribution in [1.82, 2.24) is 5.32 Å². The van der Waals surface area contributed by atoms with Crippen LogP contribution in [0.2, 0.25) is 0 Å². The number of hydrogen-bond acceptors (Lipinski definition) is 3. The molecule has 2 N–H and O–H groups in total. The maximum Gasteiger partial charge on any atom is 0.320 e. The fourth-order valence-electron chi connectivity index (χ4n) is 1.72. The molecule has 0 saturated carbocycles. The standard InChI is InChI=1S/C11H13NO3/c1-15-8-4-2-3-7(5-8)9-6-10(12-9)11(13)14/h2-5,9-10,12H,6H2,1H3,(H,13,14). The number of carbonyl (C=O) groups is 1. The third-order valence-electron chi connectivity index (χ3n) is 2.67. The van der Waals surface area contributed by atoms with Crippen molar-refractivity contribution in [3.63, 3.8) is 0 Å².